The minimum absolute atomic E-state index is 0.0153. The molecule has 1 fully saturated rings. The summed E-state index contributed by atoms with van der Waals surface area (Å²) >= 11 is 0. The molecule has 4 rings (SSSR count). The third-order valence-corrected chi connectivity index (χ3v) is 5.98. The number of nitrogens with zero attached hydrogens (tertiary/aromatic N) is 4. The lowest BCUT2D eigenvalue weighted by molar-refractivity contribution is 0.0673. The normalized spacial score (nSPS) is 16.3. The highest BCUT2D eigenvalue weighted by Crippen LogP contribution is 2.33. The Morgan fingerprint density at radius 3 is 2.69 bits per heavy atom. The number of rotatable bonds is 4. The van der Waals surface area contributed by atoms with Crippen LogP contribution in [0.3, 0.4) is 0 Å². The highest BCUT2D eigenvalue weighted by atomic mass is 16.3. The number of piperazine rings is 1. The van der Waals surface area contributed by atoms with E-state index < -0.39 is 0 Å². The van der Waals surface area contributed by atoms with Crippen LogP contribution in [0.1, 0.15) is 53.9 Å². The van der Waals surface area contributed by atoms with Gasteiger partial charge in [0.2, 0.25) is 0 Å². The van der Waals surface area contributed by atoms with Crippen molar-refractivity contribution in [2.45, 2.75) is 39.7 Å². The van der Waals surface area contributed by atoms with Gasteiger partial charge in [-0.25, -0.2) is 4.98 Å². The molecule has 1 aliphatic rings. The maximum Gasteiger partial charge on any atom is 0.257 e. The molecule has 0 spiro atoms. The summed E-state index contributed by atoms with van der Waals surface area (Å²) in [6, 6.07) is 14.3. The molecule has 1 saturated heterocycles. The van der Waals surface area contributed by atoms with Gasteiger partial charge in [-0.15, -0.1) is 0 Å². The van der Waals surface area contributed by atoms with Crippen molar-refractivity contribution in [2.24, 2.45) is 0 Å². The molecule has 0 radical (unpaired) electrons. The molecule has 2 aromatic heterocycles. The molecule has 164 valence electrons. The molecule has 6 heteroatoms. The van der Waals surface area contributed by atoms with Crippen molar-refractivity contribution in [1.29, 1.82) is 5.26 Å². The fraction of sp³-hybridized carbons (Fsp3) is 0.346. The smallest absolute Gasteiger partial charge is 0.257 e. The van der Waals surface area contributed by atoms with Crippen LogP contribution in [0.25, 0.3) is 11.1 Å². The molecule has 32 heavy (non-hydrogen) atoms. The molecule has 0 aliphatic carbocycles. The molecule has 6 nitrogen and oxygen atoms in total. The summed E-state index contributed by atoms with van der Waals surface area (Å²) in [5, 5.41) is 9.94. The Bertz CT molecular complexity index is 1160. The summed E-state index contributed by atoms with van der Waals surface area (Å²) in [7, 11) is 0. The number of carbonyl (C=O) groups is 1. The van der Waals surface area contributed by atoms with E-state index in [4.69, 9.17) is 9.40 Å². The van der Waals surface area contributed by atoms with Gasteiger partial charge in [0.15, 0.2) is 0 Å². The third-order valence-electron chi connectivity index (χ3n) is 5.98. The Labute approximate surface area is 189 Å². The van der Waals surface area contributed by atoms with Crippen LogP contribution in [0, 0.1) is 18.3 Å². The molecule has 3 heterocycles. The van der Waals surface area contributed by atoms with Gasteiger partial charge in [-0.1, -0.05) is 43.7 Å². The van der Waals surface area contributed by atoms with Crippen LogP contribution in [-0.2, 0) is 0 Å². The summed E-state index contributed by atoms with van der Waals surface area (Å²) < 4.78 is 5.07. The fourth-order valence-electron chi connectivity index (χ4n) is 4.33. The maximum absolute atomic E-state index is 12.8. The molecule has 1 atom stereocenters. The first-order chi connectivity index (χ1) is 15.4. The van der Waals surface area contributed by atoms with Crippen LogP contribution in [-0.4, -0.2) is 41.5 Å². The first-order valence-electron chi connectivity index (χ1n) is 11.0. The van der Waals surface area contributed by atoms with Crippen LogP contribution in [0.15, 0.2) is 53.3 Å². The topological polar surface area (TPSA) is 73.4 Å². The van der Waals surface area contributed by atoms with Gasteiger partial charge in [0.25, 0.3) is 5.91 Å². The van der Waals surface area contributed by atoms with E-state index in [1.807, 2.05) is 24.0 Å². The lowest BCUT2D eigenvalue weighted by atomic mass is 9.95. The van der Waals surface area contributed by atoms with E-state index in [9.17, 15) is 10.1 Å². The number of furan rings is 1. The van der Waals surface area contributed by atoms with E-state index in [-0.39, 0.29) is 17.9 Å². The second-order valence-corrected chi connectivity index (χ2v) is 8.73. The Morgan fingerprint density at radius 2 is 2.06 bits per heavy atom. The molecule has 0 N–H and O–H groups in total. The minimum atomic E-state index is -0.0305. The van der Waals surface area contributed by atoms with E-state index >= 15 is 0 Å². The zero-order valence-corrected chi connectivity index (χ0v) is 19.0. The predicted molar refractivity (Wildman–Crippen MR) is 125 cm³/mol. The van der Waals surface area contributed by atoms with Crippen molar-refractivity contribution < 1.29 is 9.21 Å². The predicted octanol–water partition coefficient (Wildman–Crippen LogP) is 5.00. The monoisotopic (exact) mass is 428 g/mol. The largest absolute Gasteiger partial charge is 0.472 e. The number of aryl methyl sites for hydroxylation is 1. The van der Waals surface area contributed by atoms with Gasteiger partial charge < -0.3 is 14.2 Å². The van der Waals surface area contributed by atoms with Crippen molar-refractivity contribution in [1.82, 2.24) is 9.88 Å². The summed E-state index contributed by atoms with van der Waals surface area (Å²) in [6.07, 6.45) is 3.00. The molecule has 1 unspecified atom stereocenters. The average Bonchev–Trinajstić information content (AvgIpc) is 3.32. The molecule has 0 saturated carbocycles. The number of nitriles is 1. The number of anilines is 1. The van der Waals surface area contributed by atoms with E-state index in [1.165, 1.54) is 18.1 Å². The van der Waals surface area contributed by atoms with Gasteiger partial charge >= 0.3 is 0 Å². The maximum atomic E-state index is 12.8. The van der Waals surface area contributed by atoms with Gasteiger partial charge in [0.1, 0.15) is 18.2 Å². The van der Waals surface area contributed by atoms with Crippen molar-refractivity contribution >= 4 is 11.7 Å². The van der Waals surface area contributed by atoms with Crippen molar-refractivity contribution in [3.63, 3.8) is 0 Å². The quantitative estimate of drug-likeness (QED) is 0.585. The van der Waals surface area contributed by atoms with Gasteiger partial charge in [0.05, 0.1) is 23.1 Å². The standard InChI is InChI=1S/C26H28N4O2/c1-17(2)24-23(20-7-5-6-18(3)12-20)13-22(14-27)25(28-24)29-9-10-30(19(4)15-29)26(31)21-8-11-32-16-21/h5-8,11-13,16-17,19H,9-10,15H2,1-4H3. The molecule has 1 aromatic carbocycles. The van der Waals surface area contributed by atoms with E-state index in [0.717, 1.165) is 16.8 Å². The van der Waals surface area contributed by atoms with E-state index in [1.54, 1.807) is 6.07 Å². The van der Waals surface area contributed by atoms with Gasteiger partial charge in [-0.2, -0.15) is 5.26 Å². The second-order valence-electron chi connectivity index (χ2n) is 8.73. The Hall–Kier alpha value is -3.59. The molecule has 1 amide bonds. The van der Waals surface area contributed by atoms with Crippen LogP contribution >= 0.6 is 0 Å². The van der Waals surface area contributed by atoms with Crippen molar-refractivity contribution in [3.05, 3.63) is 71.3 Å². The Kier molecular flexibility index (Phi) is 6.00. The van der Waals surface area contributed by atoms with Crippen molar-refractivity contribution in [2.75, 3.05) is 24.5 Å². The SMILES string of the molecule is Cc1cccc(-c2cc(C#N)c(N3CCN(C(=O)c4ccoc4)C(C)C3)nc2C(C)C)c1. The van der Waals surface area contributed by atoms with Gasteiger partial charge in [-0.3, -0.25) is 4.79 Å². The number of hydrogen-bond acceptors (Lipinski definition) is 5. The molecule has 3 aromatic rings. The van der Waals surface area contributed by atoms with Crippen LogP contribution in [0.4, 0.5) is 5.82 Å². The Morgan fingerprint density at radius 1 is 1.25 bits per heavy atom. The number of carbonyl (C=O) groups excluding carboxylic acids is 1. The zero-order valence-electron chi connectivity index (χ0n) is 19.0. The number of pyridine rings is 1. The summed E-state index contributed by atoms with van der Waals surface area (Å²) in [4.78, 5) is 21.8. The number of hydrogen-bond donors (Lipinski definition) is 0. The average molecular weight is 429 g/mol. The first kappa shape index (κ1) is 21.6. The summed E-state index contributed by atoms with van der Waals surface area (Å²) in [5.74, 6) is 0.880. The number of amides is 1. The van der Waals surface area contributed by atoms with E-state index in [2.05, 4.69) is 49.9 Å². The summed E-state index contributed by atoms with van der Waals surface area (Å²) in [5.41, 5.74) is 5.36. The Balaban J connectivity index is 1.66. The first-order valence-corrected chi connectivity index (χ1v) is 11.0. The highest BCUT2D eigenvalue weighted by Gasteiger charge is 2.31. The van der Waals surface area contributed by atoms with Gasteiger partial charge in [-0.05, 0) is 37.5 Å². The fourth-order valence-corrected chi connectivity index (χ4v) is 4.33. The molecular formula is C26H28N4O2. The van der Waals surface area contributed by atoms with Crippen LogP contribution < -0.4 is 4.90 Å². The number of benzene rings is 1. The third kappa shape index (κ3) is 4.11. The molecular weight excluding hydrogens is 400 g/mol. The minimum Gasteiger partial charge on any atom is -0.472 e. The lowest BCUT2D eigenvalue weighted by Gasteiger charge is -2.40. The zero-order chi connectivity index (χ0) is 22.8. The van der Waals surface area contributed by atoms with Gasteiger partial charge in [0, 0.05) is 31.2 Å². The van der Waals surface area contributed by atoms with Crippen LogP contribution in [0.5, 0.6) is 0 Å². The highest BCUT2D eigenvalue weighted by molar-refractivity contribution is 5.94. The summed E-state index contributed by atoms with van der Waals surface area (Å²) in [6.45, 7) is 10.2. The van der Waals surface area contributed by atoms with E-state index in [0.29, 0.717) is 36.6 Å². The second kappa shape index (κ2) is 8.88. The van der Waals surface area contributed by atoms with Crippen molar-refractivity contribution in [3.8, 4) is 17.2 Å². The lowest BCUT2D eigenvalue weighted by Crippen LogP contribution is -2.54. The van der Waals surface area contributed by atoms with Crippen LogP contribution in [0.2, 0.25) is 0 Å². The molecule has 0 bridgehead atoms. The molecule has 1 aliphatic heterocycles. The number of aromatic nitrogens is 1.